The second-order valence-corrected chi connectivity index (χ2v) is 7.52. The predicted molar refractivity (Wildman–Crippen MR) is 54.7 cm³/mol. The molecule has 0 saturated heterocycles. The number of esters is 1. The van der Waals surface area contributed by atoms with Gasteiger partial charge in [0, 0.05) is 6.08 Å². The molecule has 1 atom stereocenters. The molecule has 0 radical (unpaired) electrons. The van der Waals surface area contributed by atoms with E-state index < -0.39 is 14.3 Å². The molecule has 0 aliphatic carbocycles. The van der Waals surface area contributed by atoms with Crippen LogP contribution in [-0.4, -0.2) is 24.8 Å². The summed E-state index contributed by atoms with van der Waals surface area (Å²) in [4.78, 5) is 20.7. The monoisotopic (exact) mass is 202 g/mol. The molecular weight excluding hydrogens is 184 g/mol. The first kappa shape index (κ1) is 12.4. The largest absolute Gasteiger partial charge is 0.460 e. The Bertz CT molecular complexity index is 184. The Balaban J connectivity index is 4.26. The van der Waals surface area contributed by atoms with E-state index in [1.54, 1.807) is 13.1 Å². The van der Waals surface area contributed by atoms with Gasteiger partial charge in [-0.1, -0.05) is 19.9 Å². The van der Waals surface area contributed by atoms with E-state index in [0.29, 0.717) is 0 Å². The average Bonchev–Trinajstić information content (AvgIpc) is 2.01. The molecule has 0 bridgehead atoms. The van der Waals surface area contributed by atoms with Gasteiger partial charge in [0.25, 0.3) is 0 Å². The van der Waals surface area contributed by atoms with Crippen LogP contribution in [0.3, 0.4) is 0 Å². The van der Waals surface area contributed by atoms with E-state index in [1.807, 2.05) is 6.92 Å². The third kappa shape index (κ3) is 4.85. The zero-order valence-corrected chi connectivity index (χ0v) is 9.54. The van der Waals surface area contributed by atoms with Crippen molar-refractivity contribution in [3.63, 3.8) is 0 Å². The van der Waals surface area contributed by atoms with Crippen molar-refractivity contribution in [2.24, 2.45) is 0 Å². The third-order valence-electron chi connectivity index (χ3n) is 1.76. The minimum absolute atomic E-state index is 0.317. The predicted octanol–water partition coefficient (Wildman–Crippen LogP) is 1.62. The Kier molecular flexibility index (Phi) is 4.94. The molecule has 76 valence electrons. The Morgan fingerprint density at radius 2 is 2.23 bits per heavy atom. The lowest BCUT2D eigenvalue weighted by atomic mass is 10.3. The maximum absolute atomic E-state index is 10.9. The third-order valence-corrected chi connectivity index (χ3v) is 3.75. The molecule has 0 aromatic carbocycles. The van der Waals surface area contributed by atoms with E-state index in [9.17, 15) is 9.59 Å². The van der Waals surface area contributed by atoms with Crippen molar-refractivity contribution in [3.05, 3.63) is 12.7 Å². The van der Waals surface area contributed by atoms with Gasteiger partial charge in [-0.15, -0.1) is 0 Å². The van der Waals surface area contributed by atoms with Gasteiger partial charge in [-0.3, -0.25) is 0 Å². The summed E-state index contributed by atoms with van der Waals surface area (Å²) in [6.45, 7) is 8.85. The van der Waals surface area contributed by atoms with Crippen molar-refractivity contribution in [2.75, 3.05) is 0 Å². The minimum Gasteiger partial charge on any atom is -0.460 e. The molecule has 0 aliphatic heterocycles. The van der Waals surface area contributed by atoms with Crippen molar-refractivity contribution in [1.82, 2.24) is 0 Å². The van der Waals surface area contributed by atoms with Crippen molar-refractivity contribution in [2.45, 2.75) is 38.6 Å². The summed E-state index contributed by atoms with van der Waals surface area (Å²) in [5.41, 5.74) is -0.317. The molecule has 1 unspecified atom stereocenters. The van der Waals surface area contributed by atoms with Gasteiger partial charge in [0.2, 0.25) is 8.32 Å². The zero-order chi connectivity index (χ0) is 10.5. The SMILES string of the molecule is C=CC(=O)OC(CCC)[Si](C)(C)O. The fraction of sp³-hybridized carbons (Fsp3) is 0.667. The van der Waals surface area contributed by atoms with Gasteiger partial charge in [-0.05, 0) is 19.5 Å². The zero-order valence-electron chi connectivity index (χ0n) is 8.54. The van der Waals surface area contributed by atoms with E-state index in [0.717, 1.165) is 18.9 Å². The fourth-order valence-corrected chi connectivity index (χ4v) is 2.41. The van der Waals surface area contributed by atoms with Crippen molar-refractivity contribution < 1.29 is 14.3 Å². The Morgan fingerprint density at radius 1 is 1.69 bits per heavy atom. The van der Waals surface area contributed by atoms with Gasteiger partial charge in [-0.2, -0.15) is 0 Å². The van der Waals surface area contributed by atoms with E-state index in [-0.39, 0.29) is 5.73 Å². The van der Waals surface area contributed by atoms with E-state index in [2.05, 4.69) is 6.58 Å². The van der Waals surface area contributed by atoms with E-state index in [1.165, 1.54) is 0 Å². The number of rotatable bonds is 5. The first-order valence-electron chi connectivity index (χ1n) is 4.47. The molecule has 0 aromatic rings. The highest BCUT2D eigenvalue weighted by Crippen LogP contribution is 2.14. The smallest absolute Gasteiger partial charge is 0.330 e. The van der Waals surface area contributed by atoms with Crippen LogP contribution in [0.2, 0.25) is 13.1 Å². The molecule has 0 amide bonds. The summed E-state index contributed by atoms with van der Waals surface area (Å²) in [7, 11) is -2.38. The lowest BCUT2D eigenvalue weighted by molar-refractivity contribution is -0.140. The van der Waals surface area contributed by atoms with Gasteiger partial charge in [0.15, 0.2) is 0 Å². The van der Waals surface area contributed by atoms with Crippen LogP contribution in [-0.2, 0) is 9.53 Å². The van der Waals surface area contributed by atoms with Crippen LogP contribution >= 0.6 is 0 Å². The van der Waals surface area contributed by atoms with Crippen LogP contribution in [0.4, 0.5) is 0 Å². The van der Waals surface area contributed by atoms with E-state index in [4.69, 9.17) is 4.74 Å². The van der Waals surface area contributed by atoms with Crippen LogP contribution in [0.25, 0.3) is 0 Å². The van der Waals surface area contributed by atoms with Crippen LogP contribution in [0, 0.1) is 0 Å². The first-order chi connectivity index (χ1) is 5.91. The summed E-state index contributed by atoms with van der Waals surface area (Å²) in [6, 6.07) is 0. The van der Waals surface area contributed by atoms with Crippen LogP contribution in [0.1, 0.15) is 19.8 Å². The summed E-state index contributed by atoms with van der Waals surface area (Å²) >= 11 is 0. The van der Waals surface area contributed by atoms with Gasteiger partial charge in [-0.25, -0.2) is 4.79 Å². The highest BCUT2D eigenvalue weighted by atomic mass is 28.4. The molecule has 0 aromatic heterocycles. The summed E-state index contributed by atoms with van der Waals surface area (Å²) in [5, 5.41) is 0. The molecule has 1 N–H and O–H groups in total. The Hall–Kier alpha value is -0.613. The van der Waals surface area contributed by atoms with Gasteiger partial charge >= 0.3 is 5.97 Å². The van der Waals surface area contributed by atoms with Crippen LogP contribution in [0.15, 0.2) is 12.7 Å². The molecule has 0 fully saturated rings. The number of ether oxygens (including phenoxy) is 1. The first-order valence-corrected chi connectivity index (χ1v) is 7.49. The fourth-order valence-electron chi connectivity index (χ4n) is 1.01. The van der Waals surface area contributed by atoms with Crippen molar-refractivity contribution >= 4 is 14.3 Å². The minimum atomic E-state index is -2.38. The molecule has 4 heteroatoms. The standard InChI is InChI=1S/C9H18O3Si/c1-5-7-9(13(3,4)11)12-8(10)6-2/h6,9,11H,2,5,7H2,1,3-4H3. The number of carbonyl (C=O) groups is 1. The number of hydrogen-bond donors (Lipinski definition) is 1. The van der Waals surface area contributed by atoms with Gasteiger partial charge in [0.1, 0.15) is 5.73 Å². The normalized spacial score (nSPS) is 13.5. The highest BCUT2D eigenvalue weighted by Gasteiger charge is 2.32. The highest BCUT2D eigenvalue weighted by molar-refractivity contribution is 6.71. The number of hydrogen-bond acceptors (Lipinski definition) is 3. The second-order valence-electron chi connectivity index (χ2n) is 3.57. The van der Waals surface area contributed by atoms with E-state index >= 15 is 0 Å². The molecule has 13 heavy (non-hydrogen) atoms. The van der Waals surface area contributed by atoms with Crippen molar-refractivity contribution in [1.29, 1.82) is 0 Å². The maximum Gasteiger partial charge on any atom is 0.330 e. The molecule has 3 nitrogen and oxygen atoms in total. The lowest BCUT2D eigenvalue weighted by Gasteiger charge is -2.25. The van der Waals surface area contributed by atoms with Crippen LogP contribution < -0.4 is 0 Å². The molecule has 0 saturated carbocycles. The summed E-state index contributed by atoms with van der Waals surface area (Å²) < 4.78 is 5.06. The summed E-state index contributed by atoms with van der Waals surface area (Å²) in [5.74, 6) is -0.451. The van der Waals surface area contributed by atoms with Crippen LogP contribution in [0.5, 0.6) is 0 Å². The maximum atomic E-state index is 10.9. The average molecular weight is 202 g/mol. The summed E-state index contributed by atoms with van der Waals surface area (Å²) in [6.07, 6.45) is 2.74. The molecule has 0 aliphatic rings. The Labute approximate surface area is 80.5 Å². The van der Waals surface area contributed by atoms with Crippen molar-refractivity contribution in [3.8, 4) is 0 Å². The number of carbonyl (C=O) groups excluding carboxylic acids is 1. The van der Waals surface area contributed by atoms with Gasteiger partial charge in [0.05, 0.1) is 0 Å². The molecule has 0 heterocycles. The lowest BCUT2D eigenvalue weighted by Crippen LogP contribution is -2.44. The second kappa shape index (κ2) is 5.19. The molecule has 0 spiro atoms. The molecular formula is C9H18O3Si. The van der Waals surface area contributed by atoms with Gasteiger partial charge < -0.3 is 9.53 Å². The Morgan fingerprint density at radius 3 is 2.54 bits per heavy atom. The quantitative estimate of drug-likeness (QED) is 0.418. The molecule has 0 rings (SSSR count). The topological polar surface area (TPSA) is 46.5 Å².